The lowest BCUT2D eigenvalue weighted by molar-refractivity contribution is -0.0117. The molecule has 1 fully saturated rings. The SMILES string of the molecule is CN1CCOC(CNc2ncnc3nc[nH]c23)C1. The van der Waals surface area contributed by atoms with Crippen LogP contribution in [0.2, 0.25) is 0 Å². The largest absolute Gasteiger partial charge is 0.374 e. The minimum atomic E-state index is 0.191. The van der Waals surface area contributed by atoms with Gasteiger partial charge in [0, 0.05) is 19.6 Å². The van der Waals surface area contributed by atoms with Crippen LogP contribution in [0.4, 0.5) is 5.82 Å². The zero-order valence-corrected chi connectivity index (χ0v) is 10.3. The Balaban J connectivity index is 1.67. The number of imidazole rings is 1. The maximum Gasteiger partial charge on any atom is 0.182 e. The van der Waals surface area contributed by atoms with Crippen molar-refractivity contribution in [3.8, 4) is 0 Å². The van der Waals surface area contributed by atoms with Crippen LogP contribution in [0, 0.1) is 0 Å². The van der Waals surface area contributed by atoms with E-state index >= 15 is 0 Å². The van der Waals surface area contributed by atoms with Gasteiger partial charge in [0.05, 0.1) is 19.0 Å². The van der Waals surface area contributed by atoms with Crippen molar-refractivity contribution in [2.24, 2.45) is 0 Å². The summed E-state index contributed by atoms with van der Waals surface area (Å²) in [4.78, 5) is 17.7. The van der Waals surface area contributed by atoms with Crippen molar-refractivity contribution in [1.29, 1.82) is 0 Å². The third-order valence-corrected chi connectivity index (χ3v) is 3.06. The quantitative estimate of drug-likeness (QED) is 0.801. The van der Waals surface area contributed by atoms with Crippen LogP contribution in [0.5, 0.6) is 0 Å². The normalized spacial score (nSPS) is 21.3. The molecule has 1 aliphatic heterocycles. The first kappa shape index (κ1) is 11.4. The van der Waals surface area contributed by atoms with E-state index in [2.05, 4.69) is 37.2 Å². The number of ether oxygens (including phenoxy) is 1. The highest BCUT2D eigenvalue weighted by Gasteiger charge is 2.18. The number of hydrogen-bond acceptors (Lipinski definition) is 6. The molecule has 96 valence electrons. The summed E-state index contributed by atoms with van der Waals surface area (Å²) in [5.74, 6) is 0.773. The summed E-state index contributed by atoms with van der Waals surface area (Å²) in [5, 5.41) is 3.29. The Morgan fingerprint density at radius 1 is 1.50 bits per heavy atom. The maximum atomic E-state index is 5.69. The van der Waals surface area contributed by atoms with E-state index in [-0.39, 0.29) is 6.10 Å². The minimum Gasteiger partial charge on any atom is -0.374 e. The Labute approximate surface area is 105 Å². The molecular formula is C11H16N6O. The third kappa shape index (κ3) is 2.27. The molecule has 3 rings (SSSR count). The van der Waals surface area contributed by atoms with Crippen LogP contribution in [0.25, 0.3) is 11.2 Å². The first-order valence-corrected chi connectivity index (χ1v) is 6.01. The zero-order chi connectivity index (χ0) is 12.4. The van der Waals surface area contributed by atoms with Crippen LogP contribution in [0.3, 0.4) is 0 Å². The van der Waals surface area contributed by atoms with E-state index in [4.69, 9.17) is 4.74 Å². The molecule has 1 saturated heterocycles. The van der Waals surface area contributed by atoms with E-state index in [1.807, 2.05) is 0 Å². The van der Waals surface area contributed by atoms with Gasteiger partial charge < -0.3 is 19.9 Å². The lowest BCUT2D eigenvalue weighted by Crippen LogP contribution is -2.43. The Hall–Kier alpha value is -1.73. The average Bonchev–Trinajstić information content (AvgIpc) is 2.85. The van der Waals surface area contributed by atoms with Gasteiger partial charge in [0.15, 0.2) is 11.5 Å². The average molecular weight is 248 g/mol. The molecule has 1 atom stereocenters. The number of rotatable bonds is 3. The fourth-order valence-corrected chi connectivity index (χ4v) is 2.10. The van der Waals surface area contributed by atoms with E-state index in [9.17, 15) is 0 Å². The highest BCUT2D eigenvalue weighted by Crippen LogP contribution is 2.14. The van der Waals surface area contributed by atoms with Crippen LogP contribution in [-0.2, 0) is 4.74 Å². The van der Waals surface area contributed by atoms with E-state index in [0.717, 1.165) is 37.6 Å². The van der Waals surface area contributed by atoms with Gasteiger partial charge in [-0.3, -0.25) is 0 Å². The Morgan fingerprint density at radius 2 is 2.44 bits per heavy atom. The summed E-state index contributed by atoms with van der Waals surface area (Å²) in [6, 6.07) is 0. The lowest BCUT2D eigenvalue weighted by atomic mass is 10.3. The number of nitrogens with zero attached hydrogens (tertiary/aromatic N) is 4. The van der Waals surface area contributed by atoms with Crippen molar-refractivity contribution in [2.45, 2.75) is 6.10 Å². The standard InChI is InChI=1S/C11H16N6O/c1-17-2-3-18-8(5-17)4-12-10-9-11(14-6-13-9)16-7-15-10/h6-8H,2-5H2,1H3,(H2,12,13,14,15,16). The van der Waals surface area contributed by atoms with Gasteiger partial charge in [-0.15, -0.1) is 0 Å². The maximum absolute atomic E-state index is 5.69. The molecule has 0 saturated carbocycles. The second-order valence-electron chi connectivity index (χ2n) is 4.46. The predicted molar refractivity (Wildman–Crippen MR) is 67.4 cm³/mol. The smallest absolute Gasteiger partial charge is 0.182 e. The van der Waals surface area contributed by atoms with Crippen molar-refractivity contribution in [1.82, 2.24) is 24.8 Å². The first-order valence-electron chi connectivity index (χ1n) is 6.01. The van der Waals surface area contributed by atoms with Gasteiger partial charge in [0.25, 0.3) is 0 Å². The summed E-state index contributed by atoms with van der Waals surface area (Å²) in [7, 11) is 2.10. The molecule has 0 spiro atoms. The van der Waals surface area contributed by atoms with Gasteiger partial charge in [-0.05, 0) is 7.05 Å². The number of nitrogens with one attached hydrogen (secondary N) is 2. The Kier molecular flexibility index (Phi) is 3.07. The first-order chi connectivity index (χ1) is 8.83. The second-order valence-corrected chi connectivity index (χ2v) is 4.46. The molecule has 0 bridgehead atoms. The third-order valence-electron chi connectivity index (χ3n) is 3.06. The summed E-state index contributed by atoms with van der Waals surface area (Å²) >= 11 is 0. The summed E-state index contributed by atoms with van der Waals surface area (Å²) < 4.78 is 5.69. The van der Waals surface area contributed by atoms with Crippen LogP contribution in [-0.4, -0.2) is 64.2 Å². The molecule has 2 aromatic rings. The fourth-order valence-electron chi connectivity index (χ4n) is 2.10. The number of H-pyrrole nitrogens is 1. The van der Waals surface area contributed by atoms with E-state index < -0.39 is 0 Å². The molecule has 7 heteroatoms. The molecule has 0 aliphatic carbocycles. The lowest BCUT2D eigenvalue weighted by Gasteiger charge is -2.30. The summed E-state index contributed by atoms with van der Waals surface area (Å²) in [6.07, 6.45) is 3.33. The Morgan fingerprint density at radius 3 is 3.33 bits per heavy atom. The fraction of sp³-hybridized carbons (Fsp3) is 0.545. The molecule has 2 aromatic heterocycles. The van der Waals surface area contributed by atoms with Gasteiger partial charge in [-0.1, -0.05) is 0 Å². The molecule has 7 nitrogen and oxygen atoms in total. The molecule has 18 heavy (non-hydrogen) atoms. The number of aromatic amines is 1. The number of fused-ring (bicyclic) bond motifs is 1. The van der Waals surface area contributed by atoms with Crippen LogP contribution in [0.1, 0.15) is 0 Å². The minimum absolute atomic E-state index is 0.191. The monoisotopic (exact) mass is 248 g/mol. The number of anilines is 1. The van der Waals surface area contributed by atoms with Crippen LogP contribution < -0.4 is 5.32 Å². The van der Waals surface area contributed by atoms with E-state index in [1.54, 1.807) is 6.33 Å². The second kappa shape index (κ2) is 4.87. The number of hydrogen-bond donors (Lipinski definition) is 2. The topological polar surface area (TPSA) is 79.0 Å². The molecule has 1 aliphatic rings. The number of morpholine rings is 1. The van der Waals surface area contributed by atoms with E-state index in [1.165, 1.54) is 6.33 Å². The molecule has 3 heterocycles. The molecule has 0 radical (unpaired) electrons. The van der Waals surface area contributed by atoms with Gasteiger partial charge in [-0.25, -0.2) is 15.0 Å². The highest BCUT2D eigenvalue weighted by atomic mass is 16.5. The van der Waals surface area contributed by atoms with Gasteiger partial charge in [0.1, 0.15) is 11.8 Å². The van der Waals surface area contributed by atoms with Gasteiger partial charge in [-0.2, -0.15) is 0 Å². The van der Waals surface area contributed by atoms with Crippen molar-refractivity contribution >= 4 is 17.0 Å². The van der Waals surface area contributed by atoms with Crippen LogP contribution in [0.15, 0.2) is 12.7 Å². The Bertz CT molecular complexity index is 527. The molecule has 1 unspecified atom stereocenters. The number of likely N-dealkylation sites (N-methyl/N-ethyl adjacent to an activating group) is 1. The molecule has 2 N–H and O–H groups in total. The number of aromatic nitrogens is 4. The molecular weight excluding hydrogens is 232 g/mol. The molecule has 0 amide bonds. The van der Waals surface area contributed by atoms with Gasteiger partial charge in [0.2, 0.25) is 0 Å². The van der Waals surface area contributed by atoms with Crippen molar-refractivity contribution in [2.75, 3.05) is 38.6 Å². The zero-order valence-electron chi connectivity index (χ0n) is 10.3. The predicted octanol–water partition coefficient (Wildman–Crippen LogP) is 0.0954. The van der Waals surface area contributed by atoms with Crippen LogP contribution >= 0.6 is 0 Å². The van der Waals surface area contributed by atoms with Crippen molar-refractivity contribution in [3.05, 3.63) is 12.7 Å². The van der Waals surface area contributed by atoms with Crippen molar-refractivity contribution in [3.63, 3.8) is 0 Å². The molecule has 0 aromatic carbocycles. The highest BCUT2D eigenvalue weighted by molar-refractivity contribution is 5.81. The summed E-state index contributed by atoms with van der Waals surface area (Å²) in [5.41, 5.74) is 1.51. The van der Waals surface area contributed by atoms with Crippen molar-refractivity contribution < 1.29 is 4.74 Å². The van der Waals surface area contributed by atoms with Gasteiger partial charge >= 0.3 is 0 Å². The van der Waals surface area contributed by atoms with E-state index in [0.29, 0.717) is 5.65 Å². The summed E-state index contributed by atoms with van der Waals surface area (Å²) in [6.45, 7) is 3.45.